The molecule has 94 valence electrons. The zero-order valence-electron chi connectivity index (χ0n) is 9.97. The Labute approximate surface area is 125 Å². The quantitative estimate of drug-likeness (QED) is 0.619. The molecule has 0 atom stereocenters. The van der Waals surface area contributed by atoms with Gasteiger partial charge in [-0.1, -0.05) is 24.3 Å². The van der Waals surface area contributed by atoms with Crippen LogP contribution in [-0.4, -0.2) is 5.97 Å². The van der Waals surface area contributed by atoms with Gasteiger partial charge in [0, 0.05) is 3.57 Å². The maximum absolute atomic E-state index is 11.9. The maximum Gasteiger partial charge on any atom is 0.339 e. The molecular formula is C15H10INO2. The number of esters is 1. The van der Waals surface area contributed by atoms with E-state index in [4.69, 9.17) is 10.00 Å². The van der Waals surface area contributed by atoms with Gasteiger partial charge in [-0.3, -0.25) is 0 Å². The number of ether oxygens (including phenoxy) is 1. The number of carbonyl (C=O) groups is 1. The second-order valence-electron chi connectivity index (χ2n) is 3.87. The van der Waals surface area contributed by atoms with E-state index in [-0.39, 0.29) is 12.6 Å². The van der Waals surface area contributed by atoms with Gasteiger partial charge in [0.05, 0.1) is 17.2 Å². The molecule has 0 heterocycles. The fourth-order valence-electron chi connectivity index (χ4n) is 1.58. The number of nitriles is 1. The van der Waals surface area contributed by atoms with Crippen LogP contribution in [0.5, 0.6) is 0 Å². The number of carbonyl (C=O) groups excluding carboxylic acids is 1. The van der Waals surface area contributed by atoms with E-state index in [2.05, 4.69) is 28.7 Å². The number of hydrogen-bond acceptors (Lipinski definition) is 3. The number of rotatable bonds is 3. The van der Waals surface area contributed by atoms with Crippen LogP contribution in [0, 0.1) is 14.9 Å². The Balaban J connectivity index is 2.05. The lowest BCUT2D eigenvalue weighted by atomic mass is 10.1. The second kappa shape index (κ2) is 6.34. The van der Waals surface area contributed by atoms with Gasteiger partial charge in [0.1, 0.15) is 6.61 Å². The first-order valence-electron chi connectivity index (χ1n) is 5.61. The Morgan fingerprint density at radius 2 is 2.00 bits per heavy atom. The molecule has 0 spiro atoms. The third-order valence-electron chi connectivity index (χ3n) is 2.52. The van der Waals surface area contributed by atoms with Gasteiger partial charge in [-0.15, -0.1) is 0 Å². The molecule has 0 aromatic heterocycles. The minimum absolute atomic E-state index is 0.166. The highest BCUT2D eigenvalue weighted by Gasteiger charge is 2.10. The SMILES string of the molecule is N#Cc1cccc(COC(=O)c2ccccc2I)c1. The predicted octanol–water partition coefficient (Wildman–Crippen LogP) is 3.52. The minimum Gasteiger partial charge on any atom is -0.457 e. The van der Waals surface area contributed by atoms with Crippen molar-refractivity contribution in [2.45, 2.75) is 6.61 Å². The van der Waals surface area contributed by atoms with Crippen LogP contribution in [0.4, 0.5) is 0 Å². The maximum atomic E-state index is 11.9. The lowest BCUT2D eigenvalue weighted by Crippen LogP contribution is -2.07. The van der Waals surface area contributed by atoms with Gasteiger partial charge in [0.25, 0.3) is 0 Å². The van der Waals surface area contributed by atoms with Crippen molar-refractivity contribution < 1.29 is 9.53 Å². The zero-order valence-corrected chi connectivity index (χ0v) is 12.1. The lowest BCUT2D eigenvalue weighted by molar-refractivity contribution is 0.0471. The molecule has 0 unspecified atom stereocenters. The summed E-state index contributed by atoms with van der Waals surface area (Å²) in [5.41, 5.74) is 1.92. The van der Waals surface area contributed by atoms with Crippen molar-refractivity contribution >= 4 is 28.6 Å². The summed E-state index contributed by atoms with van der Waals surface area (Å²) in [6.07, 6.45) is 0. The third kappa shape index (κ3) is 3.55. The number of benzene rings is 2. The van der Waals surface area contributed by atoms with Crippen LogP contribution in [0.2, 0.25) is 0 Å². The van der Waals surface area contributed by atoms with Gasteiger partial charge in [0.2, 0.25) is 0 Å². The Morgan fingerprint density at radius 1 is 1.21 bits per heavy atom. The summed E-state index contributed by atoms with van der Waals surface area (Å²) in [4.78, 5) is 11.9. The van der Waals surface area contributed by atoms with Crippen LogP contribution in [0.15, 0.2) is 48.5 Å². The number of halogens is 1. The first-order valence-corrected chi connectivity index (χ1v) is 6.69. The molecule has 0 radical (unpaired) electrons. The molecule has 4 heteroatoms. The third-order valence-corrected chi connectivity index (χ3v) is 3.46. The Kier molecular flexibility index (Phi) is 4.53. The standard InChI is InChI=1S/C15H10INO2/c16-14-7-2-1-6-13(14)15(18)19-10-12-5-3-4-11(8-12)9-17/h1-8H,10H2. The van der Waals surface area contributed by atoms with E-state index >= 15 is 0 Å². The summed E-state index contributed by atoms with van der Waals surface area (Å²) in [6.45, 7) is 0.166. The molecule has 2 rings (SSSR count). The summed E-state index contributed by atoms with van der Waals surface area (Å²) in [6, 6.07) is 16.3. The summed E-state index contributed by atoms with van der Waals surface area (Å²) >= 11 is 2.10. The largest absolute Gasteiger partial charge is 0.457 e. The molecule has 2 aromatic rings. The van der Waals surface area contributed by atoms with Crippen molar-refractivity contribution in [2.75, 3.05) is 0 Å². The van der Waals surface area contributed by atoms with Gasteiger partial charge in [-0.05, 0) is 52.4 Å². The van der Waals surface area contributed by atoms with E-state index < -0.39 is 0 Å². The van der Waals surface area contributed by atoms with Gasteiger partial charge in [0.15, 0.2) is 0 Å². The molecule has 0 saturated heterocycles. The van der Waals surface area contributed by atoms with Crippen molar-refractivity contribution in [3.8, 4) is 6.07 Å². The van der Waals surface area contributed by atoms with Crippen LogP contribution >= 0.6 is 22.6 Å². The van der Waals surface area contributed by atoms with E-state index in [1.54, 1.807) is 30.3 Å². The smallest absolute Gasteiger partial charge is 0.339 e. The highest BCUT2D eigenvalue weighted by Crippen LogP contribution is 2.14. The summed E-state index contributed by atoms with van der Waals surface area (Å²) in [5.74, 6) is -0.354. The Morgan fingerprint density at radius 3 is 2.74 bits per heavy atom. The molecule has 0 saturated carbocycles. The van der Waals surface area contributed by atoms with Crippen molar-refractivity contribution in [1.29, 1.82) is 5.26 Å². The average Bonchev–Trinajstić information content (AvgIpc) is 2.45. The fourth-order valence-corrected chi connectivity index (χ4v) is 2.19. The van der Waals surface area contributed by atoms with Crippen molar-refractivity contribution in [1.82, 2.24) is 0 Å². The highest BCUT2D eigenvalue weighted by atomic mass is 127. The molecule has 0 aliphatic carbocycles. The van der Waals surface area contributed by atoms with Crippen molar-refractivity contribution in [2.24, 2.45) is 0 Å². The minimum atomic E-state index is -0.354. The van der Waals surface area contributed by atoms with E-state index in [1.807, 2.05) is 18.2 Å². The molecule has 3 nitrogen and oxygen atoms in total. The first-order chi connectivity index (χ1) is 9.20. The van der Waals surface area contributed by atoms with Gasteiger partial charge >= 0.3 is 5.97 Å². The predicted molar refractivity (Wildman–Crippen MR) is 79.4 cm³/mol. The van der Waals surface area contributed by atoms with E-state index in [9.17, 15) is 4.79 Å². The molecule has 2 aromatic carbocycles. The Bertz CT molecular complexity index is 647. The average molecular weight is 363 g/mol. The van der Waals surface area contributed by atoms with Crippen LogP contribution in [0.25, 0.3) is 0 Å². The summed E-state index contributed by atoms with van der Waals surface area (Å²) in [5, 5.41) is 8.80. The normalized spacial score (nSPS) is 9.68. The zero-order chi connectivity index (χ0) is 13.7. The van der Waals surface area contributed by atoms with Crippen LogP contribution in [0.3, 0.4) is 0 Å². The second-order valence-corrected chi connectivity index (χ2v) is 5.03. The van der Waals surface area contributed by atoms with Crippen LogP contribution in [0.1, 0.15) is 21.5 Å². The molecular weight excluding hydrogens is 353 g/mol. The molecule has 0 N–H and O–H groups in total. The summed E-state index contributed by atoms with van der Waals surface area (Å²) in [7, 11) is 0. The van der Waals surface area contributed by atoms with Gasteiger partial charge < -0.3 is 4.74 Å². The fraction of sp³-hybridized carbons (Fsp3) is 0.0667. The number of hydrogen-bond donors (Lipinski definition) is 0. The van der Waals surface area contributed by atoms with E-state index in [1.165, 1.54) is 0 Å². The summed E-state index contributed by atoms with van der Waals surface area (Å²) < 4.78 is 6.10. The van der Waals surface area contributed by atoms with Crippen molar-refractivity contribution in [3.05, 3.63) is 68.8 Å². The van der Waals surface area contributed by atoms with Crippen molar-refractivity contribution in [3.63, 3.8) is 0 Å². The van der Waals surface area contributed by atoms with Gasteiger partial charge in [-0.2, -0.15) is 5.26 Å². The Hall–Kier alpha value is -1.87. The first kappa shape index (κ1) is 13.6. The van der Waals surface area contributed by atoms with E-state index in [0.29, 0.717) is 11.1 Å². The molecule has 0 bridgehead atoms. The molecule has 0 aliphatic heterocycles. The van der Waals surface area contributed by atoms with Gasteiger partial charge in [-0.25, -0.2) is 4.79 Å². The van der Waals surface area contributed by atoms with E-state index in [0.717, 1.165) is 9.13 Å². The van der Waals surface area contributed by atoms with Crippen LogP contribution in [-0.2, 0) is 11.3 Å². The molecule has 0 fully saturated rings. The molecule has 0 amide bonds. The monoisotopic (exact) mass is 363 g/mol. The molecule has 0 aliphatic rings. The molecule has 19 heavy (non-hydrogen) atoms. The topological polar surface area (TPSA) is 50.1 Å². The lowest BCUT2D eigenvalue weighted by Gasteiger charge is -2.06. The highest BCUT2D eigenvalue weighted by molar-refractivity contribution is 14.1. The van der Waals surface area contributed by atoms with Crippen LogP contribution < -0.4 is 0 Å². The number of nitrogens with zero attached hydrogens (tertiary/aromatic N) is 1.